The van der Waals surface area contributed by atoms with Crippen molar-refractivity contribution >= 4 is 16.8 Å². The zero-order chi connectivity index (χ0) is 14.3. The molecule has 0 aliphatic heterocycles. The molecule has 0 N–H and O–H groups in total. The zero-order valence-corrected chi connectivity index (χ0v) is 13.0. The molecule has 0 radical (unpaired) electrons. The van der Waals surface area contributed by atoms with Gasteiger partial charge in [-0.2, -0.15) is 0 Å². The van der Waals surface area contributed by atoms with E-state index < -0.39 is 5.24 Å². The largest absolute Gasteiger partial charge is 0.381 e. The van der Waals surface area contributed by atoms with Gasteiger partial charge in [-0.3, -0.25) is 4.79 Å². The van der Waals surface area contributed by atoms with Gasteiger partial charge in [0.1, 0.15) is 0 Å². The molecule has 19 heavy (non-hydrogen) atoms. The zero-order valence-electron chi connectivity index (χ0n) is 12.2. The lowest BCUT2D eigenvalue weighted by atomic mass is 9.80. The lowest BCUT2D eigenvalue weighted by Gasteiger charge is -2.32. The number of allylic oxidation sites excluding steroid dienone is 3. The van der Waals surface area contributed by atoms with Gasteiger partial charge >= 0.3 is 0 Å². The molecule has 0 spiro atoms. The first-order chi connectivity index (χ1) is 9.04. The Balaban J connectivity index is 2.64. The minimum Gasteiger partial charge on any atom is -0.381 e. The lowest BCUT2D eigenvalue weighted by molar-refractivity contribution is -0.107. The smallest absolute Gasteiger partial charge is 0.245 e. The summed E-state index contributed by atoms with van der Waals surface area (Å²) < 4.78 is 5.72. The van der Waals surface area contributed by atoms with Gasteiger partial charge in [0.15, 0.2) is 0 Å². The van der Waals surface area contributed by atoms with E-state index in [2.05, 4.69) is 13.0 Å². The highest BCUT2D eigenvalue weighted by Gasteiger charge is 2.26. The van der Waals surface area contributed by atoms with Crippen LogP contribution in [-0.2, 0) is 9.53 Å². The molecular weight excluding hydrogens is 260 g/mol. The van der Waals surface area contributed by atoms with Gasteiger partial charge in [-0.1, -0.05) is 43.9 Å². The van der Waals surface area contributed by atoms with Crippen molar-refractivity contribution in [1.29, 1.82) is 0 Å². The standard InChI is InChI=1S/C16H25ClO2/c1-12(9-10-15(17)18)11-13(2)16(19-3)14-7-5-4-6-8-14/h9-11,13-14,16H,4-8H2,1-3H3. The third-order valence-electron chi connectivity index (χ3n) is 3.91. The summed E-state index contributed by atoms with van der Waals surface area (Å²) in [6, 6.07) is 0. The molecule has 1 fully saturated rings. The number of hydrogen-bond acceptors (Lipinski definition) is 2. The summed E-state index contributed by atoms with van der Waals surface area (Å²) in [6.45, 7) is 4.17. The fourth-order valence-electron chi connectivity index (χ4n) is 3.06. The van der Waals surface area contributed by atoms with E-state index in [9.17, 15) is 4.79 Å². The Labute approximate surface area is 121 Å². The number of hydrogen-bond donors (Lipinski definition) is 0. The van der Waals surface area contributed by atoms with Gasteiger partial charge in [0.25, 0.3) is 0 Å². The topological polar surface area (TPSA) is 26.3 Å². The van der Waals surface area contributed by atoms with Gasteiger partial charge in [-0.05, 0) is 43.4 Å². The fraction of sp³-hybridized carbons (Fsp3) is 0.688. The van der Waals surface area contributed by atoms with Crippen LogP contribution in [0.15, 0.2) is 23.8 Å². The molecule has 0 amide bonds. The second kappa shape index (κ2) is 8.55. The number of carbonyl (C=O) groups excluding carboxylic acids is 1. The Morgan fingerprint density at radius 2 is 1.89 bits per heavy atom. The van der Waals surface area contributed by atoms with Gasteiger partial charge in [0.05, 0.1) is 6.10 Å². The van der Waals surface area contributed by atoms with E-state index in [0.717, 1.165) is 5.57 Å². The second-order valence-corrected chi connectivity index (χ2v) is 5.88. The van der Waals surface area contributed by atoms with E-state index in [1.54, 1.807) is 13.2 Å². The molecule has 0 aromatic rings. The third kappa shape index (κ3) is 5.92. The van der Waals surface area contributed by atoms with E-state index in [1.807, 2.05) is 6.92 Å². The van der Waals surface area contributed by atoms with Crippen molar-refractivity contribution in [2.24, 2.45) is 11.8 Å². The molecular formula is C16H25ClO2. The van der Waals surface area contributed by atoms with E-state index >= 15 is 0 Å². The maximum absolute atomic E-state index is 10.7. The highest BCUT2D eigenvalue weighted by Crippen LogP contribution is 2.31. The predicted octanol–water partition coefficient (Wildman–Crippen LogP) is 4.49. The Morgan fingerprint density at radius 1 is 1.26 bits per heavy atom. The van der Waals surface area contributed by atoms with Crippen LogP contribution in [0.1, 0.15) is 46.0 Å². The summed E-state index contributed by atoms with van der Waals surface area (Å²) in [6.07, 6.45) is 12.1. The quantitative estimate of drug-likeness (QED) is 0.408. The number of halogens is 1. The molecule has 2 unspecified atom stereocenters. The molecule has 1 aliphatic carbocycles. The van der Waals surface area contributed by atoms with E-state index in [1.165, 1.54) is 38.2 Å². The molecule has 0 saturated heterocycles. The summed E-state index contributed by atoms with van der Waals surface area (Å²) in [5.41, 5.74) is 1.05. The average Bonchev–Trinajstić information content (AvgIpc) is 2.38. The third-order valence-corrected chi connectivity index (χ3v) is 4.03. The van der Waals surface area contributed by atoms with Crippen LogP contribution < -0.4 is 0 Å². The molecule has 0 aromatic heterocycles. The van der Waals surface area contributed by atoms with E-state index in [-0.39, 0.29) is 6.10 Å². The monoisotopic (exact) mass is 284 g/mol. The van der Waals surface area contributed by atoms with Crippen molar-refractivity contribution in [2.75, 3.05) is 7.11 Å². The van der Waals surface area contributed by atoms with Crippen molar-refractivity contribution < 1.29 is 9.53 Å². The summed E-state index contributed by atoms with van der Waals surface area (Å²) in [4.78, 5) is 10.7. The van der Waals surface area contributed by atoms with Gasteiger partial charge in [0, 0.05) is 13.0 Å². The maximum atomic E-state index is 10.7. The molecule has 0 bridgehead atoms. The highest BCUT2D eigenvalue weighted by molar-refractivity contribution is 6.66. The van der Waals surface area contributed by atoms with Crippen molar-refractivity contribution in [3.05, 3.63) is 23.8 Å². The number of methoxy groups -OCH3 is 1. The van der Waals surface area contributed by atoms with Crippen LogP contribution in [0.5, 0.6) is 0 Å². The molecule has 1 rings (SSSR count). The first-order valence-electron chi connectivity index (χ1n) is 7.13. The average molecular weight is 285 g/mol. The van der Waals surface area contributed by atoms with Crippen LogP contribution in [-0.4, -0.2) is 18.5 Å². The SMILES string of the molecule is COC(C(C)C=C(C)C=CC(=O)Cl)C1CCCCC1. The minimum absolute atomic E-state index is 0.273. The van der Waals surface area contributed by atoms with Crippen LogP contribution in [0.3, 0.4) is 0 Å². The molecule has 2 atom stereocenters. The Morgan fingerprint density at radius 3 is 2.42 bits per heavy atom. The van der Waals surface area contributed by atoms with Crippen molar-refractivity contribution in [3.8, 4) is 0 Å². The normalized spacial score (nSPS) is 21.6. The van der Waals surface area contributed by atoms with E-state index in [0.29, 0.717) is 11.8 Å². The van der Waals surface area contributed by atoms with Crippen LogP contribution in [0.2, 0.25) is 0 Å². The highest BCUT2D eigenvalue weighted by atomic mass is 35.5. The Kier molecular flexibility index (Phi) is 7.40. The van der Waals surface area contributed by atoms with Crippen LogP contribution >= 0.6 is 11.6 Å². The van der Waals surface area contributed by atoms with Crippen LogP contribution in [0.4, 0.5) is 0 Å². The van der Waals surface area contributed by atoms with Crippen molar-refractivity contribution in [1.82, 2.24) is 0 Å². The molecule has 0 aromatic carbocycles. The van der Waals surface area contributed by atoms with Crippen molar-refractivity contribution in [2.45, 2.75) is 52.1 Å². The predicted molar refractivity (Wildman–Crippen MR) is 80.3 cm³/mol. The lowest BCUT2D eigenvalue weighted by Crippen LogP contribution is -2.30. The summed E-state index contributed by atoms with van der Waals surface area (Å²) in [5.74, 6) is 1.01. The molecule has 1 aliphatic rings. The molecule has 2 nitrogen and oxygen atoms in total. The molecule has 3 heteroatoms. The maximum Gasteiger partial charge on any atom is 0.245 e. The fourth-order valence-corrected chi connectivity index (χ4v) is 3.12. The Hall–Kier alpha value is -0.600. The van der Waals surface area contributed by atoms with Gasteiger partial charge in [-0.15, -0.1) is 0 Å². The van der Waals surface area contributed by atoms with Gasteiger partial charge < -0.3 is 4.74 Å². The Bertz CT molecular complexity index is 341. The number of carbonyl (C=O) groups is 1. The van der Waals surface area contributed by atoms with Crippen LogP contribution in [0.25, 0.3) is 0 Å². The number of rotatable bonds is 6. The molecule has 1 saturated carbocycles. The first-order valence-corrected chi connectivity index (χ1v) is 7.51. The molecule has 0 heterocycles. The van der Waals surface area contributed by atoms with Crippen LogP contribution in [0, 0.1) is 11.8 Å². The number of ether oxygens (including phenoxy) is 1. The minimum atomic E-state index is -0.434. The van der Waals surface area contributed by atoms with E-state index in [4.69, 9.17) is 16.3 Å². The van der Waals surface area contributed by atoms with Gasteiger partial charge in [0.2, 0.25) is 5.24 Å². The molecule has 108 valence electrons. The second-order valence-electron chi connectivity index (χ2n) is 5.51. The van der Waals surface area contributed by atoms with Crippen molar-refractivity contribution in [3.63, 3.8) is 0 Å². The summed E-state index contributed by atoms with van der Waals surface area (Å²) >= 11 is 5.29. The first kappa shape index (κ1) is 16.5. The van der Waals surface area contributed by atoms with Gasteiger partial charge in [-0.25, -0.2) is 0 Å². The summed E-state index contributed by atoms with van der Waals surface area (Å²) in [7, 11) is 1.80. The summed E-state index contributed by atoms with van der Waals surface area (Å²) in [5, 5.41) is -0.434.